The van der Waals surface area contributed by atoms with E-state index in [0.29, 0.717) is 18.2 Å². The summed E-state index contributed by atoms with van der Waals surface area (Å²) < 4.78 is 0. The zero-order valence-corrected chi connectivity index (χ0v) is 15.1. The molecule has 0 radical (unpaired) electrons. The summed E-state index contributed by atoms with van der Waals surface area (Å²) in [5, 5.41) is 14.6. The molecular weight excluding hydrogens is 346 g/mol. The summed E-state index contributed by atoms with van der Waals surface area (Å²) in [5.41, 5.74) is 1.39. The Morgan fingerprint density at radius 2 is 2.00 bits per heavy atom. The minimum absolute atomic E-state index is 0. The van der Waals surface area contributed by atoms with E-state index < -0.39 is 12.0 Å². The van der Waals surface area contributed by atoms with Crippen LogP contribution in [0.15, 0.2) is 24.3 Å². The summed E-state index contributed by atoms with van der Waals surface area (Å²) in [4.78, 5) is 36.2. The van der Waals surface area contributed by atoms with Crippen molar-refractivity contribution < 1.29 is 19.5 Å². The fourth-order valence-electron chi connectivity index (χ4n) is 2.13. The monoisotopic (exact) mass is 369 g/mol. The van der Waals surface area contributed by atoms with E-state index in [1.807, 2.05) is 6.07 Å². The molecule has 1 aromatic rings. The van der Waals surface area contributed by atoms with Crippen LogP contribution in [0, 0.1) is 0 Å². The van der Waals surface area contributed by atoms with E-state index in [-0.39, 0.29) is 30.8 Å². The SMILES string of the molecule is CC(C(=O)O)N(C)CC(=O)NCc1cccc(C(=O)NC2CC2)c1.Cl. The van der Waals surface area contributed by atoms with Gasteiger partial charge >= 0.3 is 5.97 Å². The zero-order valence-electron chi connectivity index (χ0n) is 14.3. The largest absolute Gasteiger partial charge is 0.480 e. The van der Waals surface area contributed by atoms with Crippen molar-refractivity contribution in [3.63, 3.8) is 0 Å². The van der Waals surface area contributed by atoms with Crippen molar-refractivity contribution in [1.82, 2.24) is 15.5 Å². The number of rotatable bonds is 8. The number of carbonyl (C=O) groups excluding carboxylic acids is 2. The normalized spacial score (nSPS) is 14.4. The molecule has 0 heterocycles. The van der Waals surface area contributed by atoms with Gasteiger partial charge in [-0.15, -0.1) is 12.4 Å². The Kier molecular flexibility index (Phi) is 7.86. The van der Waals surface area contributed by atoms with Gasteiger partial charge in [-0.25, -0.2) is 0 Å². The molecule has 1 saturated carbocycles. The predicted octanol–water partition coefficient (Wildman–Crippen LogP) is 1.02. The molecule has 0 aliphatic heterocycles. The second-order valence-corrected chi connectivity index (χ2v) is 6.15. The molecule has 1 atom stereocenters. The number of carbonyl (C=O) groups is 3. The molecular formula is C17H24ClN3O4. The molecule has 7 nitrogen and oxygen atoms in total. The van der Waals surface area contributed by atoms with Crippen LogP contribution in [0.25, 0.3) is 0 Å². The van der Waals surface area contributed by atoms with E-state index >= 15 is 0 Å². The molecule has 8 heteroatoms. The minimum atomic E-state index is -0.973. The Balaban J connectivity index is 0.00000312. The Bertz CT molecular complexity index is 634. The molecule has 2 rings (SSSR count). The third-order valence-corrected chi connectivity index (χ3v) is 4.00. The highest BCUT2D eigenvalue weighted by Gasteiger charge is 2.23. The van der Waals surface area contributed by atoms with Gasteiger partial charge in [0.2, 0.25) is 5.91 Å². The first-order chi connectivity index (χ1) is 11.4. The maximum absolute atomic E-state index is 12.0. The standard InChI is InChI=1S/C17H23N3O4.ClH/c1-11(17(23)24)20(2)10-15(21)18-9-12-4-3-5-13(8-12)16(22)19-14-6-7-14;/h3-5,8,11,14H,6-7,9-10H2,1-2H3,(H,18,21)(H,19,22)(H,23,24);1H. The Labute approximate surface area is 153 Å². The molecule has 1 fully saturated rings. The highest BCUT2D eigenvalue weighted by Crippen LogP contribution is 2.19. The lowest BCUT2D eigenvalue weighted by Crippen LogP contribution is -2.42. The van der Waals surface area contributed by atoms with Gasteiger partial charge in [-0.3, -0.25) is 19.3 Å². The van der Waals surface area contributed by atoms with Crippen molar-refractivity contribution in [3.05, 3.63) is 35.4 Å². The number of nitrogens with one attached hydrogen (secondary N) is 2. The third kappa shape index (κ3) is 6.72. The van der Waals surface area contributed by atoms with Gasteiger partial charge in [0.15, 0.2) is 0 Å². The van der Waals surface area contributed by atoms with Gasteiger partial charge in [0.25, 0.3) is 5.91 Å². The number of amides is 2. The number of benzene rings is 1. The summed E-state index contributed by atoms with van der Waals surface area (Å²) in [5.74, 6) is -1.33. The average molecular weight is 370 g/mol. The summed E-state index contributed by atoms with van der Waals surface area (Å²) in [6.07, 6.45) is 2.06. The smallest absolute Gasteiger partial charge is 0.320 e. The topological polar surface area (TPSA) is 98.7 Å². The van der Waals surface area contributed by atoms with E-state index in [9.17, 15) is 14.4 Å². The highest BCUT2D eigenvalue weighted by atomic mass is 35.5. The fourth-order valence-corrected chi connectivity index (χ4v) is 2.13. The van der Waals surface area contributed by atoms with Gasteiger partial charge in [-0.1, -0.05) is 12.1 Å². The molecule has 0 spiro atoms. The molecule has 0 aromatic heterocycles. The van der Waals surface area contributed by atoms with Crippen LogP contribution in [0.1, 0.15) is 35.7 Å². The van der Waals surface area contributed by atoms with Crippen LogP contribution in [0.5, 0.6) is 0 Å². The maximum Gasteiger partial charge on any atom is 0.320 e. The summed E-state index contributed by atoms with van der Waals surface area (Å²) >= 11 is 0. The van der Waals surface area contributed by atoms with Gasteiger partial charge in [-0.2, -0.15) is 0 Å². The Hall–Kier alpha value is -2.12. The van der Waals surface area contributed by atoms with Crippen LogP contribution in [0.4, 0.5) is 0 Å². The van der Waals surface area contributed by atoms with Gasteiger partial charge in [0.1, 0.15) is 6.04 Å². The second kappa shape index (κ2) is 9.39. The summed E-state index contributed by atoms with van der Waals surface area (Å²) in [7, 11) is 1.58. The maximum atomic E-state index is 12.0. The van der Waals surface area contributed by atoms with Gasteiger partial charge in [0.05, 0.1) is 6.54 Å². The van der Waals surface area contributed by atoms with Crippen molar-refractivity contribution in [2.75, 3.05) is 13.6 Å². The number of hydrogen-bond acceptors (Lipinski definition) is 4. The van der Waals surface area contributed by atoms with Crippen molar-refractivity contribution in [2.45, 2.75) is 38.4 Å². The molecule has 25 heavy (non-hydrogen) atoms. The zero-order chi connectivity index (χ0) is 17.7. The first-order valence-corrected chi connectivity index (χ1v) is 7.96. The number of carboxylic acid groups (broad SMARTS) is 1. The van der Waals surface area contributed by atoms with E-state index in [4.69, 9.17) is 5.11 Å². The van der Waals surface area contributed by atoms with Crippen LogP contribution in [-0.4, -0.2) is 53.5 Å². The third-order valence-electron chi connectivity index (χ3n) is 4.00. The molecule has 2 amide bonds. The molecule has 1 aliphatic carbocycles. The number of hydrogen-bond donors (Lipinski definition) is 3. The minimum Gasteiger partial charge on any atom is -0.480 e. The first-order valence-electron chi connectivity index (χ1n) is 7.96. The Morgan fingerprint density at radius 3 is 2.60 bits per heavy atom. The van der Waals surface area contributed by atoms with Gasteiger partial charge in [-0.05, 0) is 44.5 Å². The van der Waals surface area contributed by atoms with Crippen LogP contribution >= 0.6 is 12.4 Å². The second-order valence-electron chi connectivity index (χ2n) is 6.15. The van der Waals surface area contributed by atoms with Crippen molar-refractivity contribution in [1.29, 1.82) is 0 Å². The van der Waals surface area contributed by atoms with E-state index in [1.54, 1.807) is 25.2 Å². The van der Waals surface area contributed by atoms with Crippen LogP contribution < -0.4 is 10.6 Å². The van der Waals surface area contributed by atoms with E-state index in [2.05, 4.69) is 10.6 Å². The van der Waals surface area contributed by atoms with Gasteiger partial charge < -0.3 is 15.7 Å². The van der Waals surface area contributed by atoms with Crippen molar-refractivity contribution in [2.24, 2.45) is 0 Å². The molecule has 1 aliphatic rings. The quantitative estimate of drug-likeness (QED) is 0.635. The summed E-state index contributed by atoms with van der Waals surface area (Å²) in [6, 6.07) is 6.67. The average Bonchev–Trinajstić information content (AvgIpc) is 3.36. The summed E-state index contributed by atoms with van der Waals surface area (Å²) in [6.45, 7) is 1.81. The molecule has 0 bridgehead atoms. The number of carboxylic acids is 1. The molecule has 138 valence electrons. The van der Waals surface area contributed by atoms with Crippen LogP contribution in [0.3, 0.4) is 0 Å². The molecule has 3 N–H and O–H groups in total. The number of aliphatic carboxylic acids is 1. The fraction of sp³-hybridized carbons (Fsp3) is 0.471. The molecule has 0 saturated heterocycles. The first kappa shape index (κ1) is 20.9. The predicted molar refractivity (Wildman–Crippen MR) is 95.8 cm³/mol. The van der Waals surface area contributed by atoms with E-state index in [0.717, 1.165) is 18.4 Å². The lowest BCUT2D eigenvalue weighted by Gasteiger charge is -2.20. The van der Waals surface area contributed by atoms with Gasteiger partial charge in [0, 0.05) is 18.2 Å². The number of nitrogens with zero attached hydrogens (tertiary/aromatic N) is 1. The van der Waals surface area contributed by atoms with Crippen molar-refractivity contribution >= 4 is 30.2 Å². The van der Waals surface area contributed by atoms with E-state index in [1.165, 1.54) is 11.8 Å². The highest BCUT2D eigenvalue weighted by molar-refractivity contribution is 5.94. The number of likely N-dealkylation sites (N-methyl/N-ethyl adjacent to an activating group) is 1. The van der Waals surface area contributed by atoms with Crippen LogP contribution in [-0.2, 0) is 16.1 Å². The lowest BCUT2D eigenvalue weighted by molar-refractivity contribution is -0.142. The molecule has 1 aromatic carbocycles. The molecule has 1 unspecified atom stereocenters. The number of halogens is 1. The lowest BCUT2D eigenvalue weighted by atomic mass is 10.1. The van der Waals surface area contributed by atoms with Crippen molar-refractivity contribution in [3.8, 4) is 0 Å². The van der Waals surface area contributed by atoms with Crippen LogP contribution in [0.2, 0.25) is 0 Å². The Morgan fingerprint density at radius 1 is 1.32 bits per heavy atom.